The molecule has 0 spiro atoms. The zero-order valence-corrected chi connectivity index (χ0v) is 9.26. The van der Waals surface area contributed by atoms with Crippen molar-refractivity contribution in [2.24, 2.45) is 5.92 Å². The largest absolute Gasteiger partial charge is 0.293 e. The molecule has 0 aromatic heterocycles. The standard InChI is InChI=1S/C15H14O/c1-12-6-5-9-14(11-10-12)15(16)13-7-3-2-4-8-13/h2-11,14H,1H3. The van der Waals surface area contributed by atoms with Gasteiger partial charge < -0.3 is 0 Å². The van der Waals surface area contributed by atoms with Crippen LogP contribution in [0.4, 0.5) is 0 Å². The van der Waals surface area contributed by atoms with Gasteiger partial charge >= 0.3 is 0 Å². The molecule has 2 rings (SSSR count). The van der Waals surface area contributed by atoms with Crippen molar-refractivity contribution >= 4 is 5.78 Å². The average molecular weight is 210 g/mol. The smallest absolute Gasteiger partial charge is 0.173 e. The molecule has 16 heavy (non-hydrogen) atoms. The van der Waals surface area contributed by atoms with E-state index in [1.807, 2.05) is 67.6 Å². The predicted octanol–water partition coefficient (Wildman–Crippen LogP) is 3.56. The van der Waals surface area contributed by atoms with Crippen LogP contribution in [0.5, 0.6) is 0 Å². The molecule has 1 aliphatic rings. The Morgan fingerprint density at radius 1 is 1.12 bits per heavy atom. The number of carbonyl (C=O) groups is 1. The minimum atomic E-state index is -0.143. The number of carbonyl (C=O) groups excluding carboxylic acids is 1. The summed E-state index contributed by atoms with van der Waals surface area (Å²) < 4.78 is 0. The molecule has 0 fully saturated rings. The molecule has 1 atom stereocenters. The van der Waals surface area contributed by atoms with E-state index >= 15 is 0 Å². The molecule has 80 valence electrons. The van der Waals surface area contributed by atoms with Crippen LogP contribution in [-0.2, 0) is 0 Å². The van der Waals surface area contributed by atoms with Crippen LogP contribution in [-0.4, -0.2) is 5.78 Å². The Labute approximate surface area is 95.8 Å². The predicted molar refractivity (Wildman–Crippen MR) is 66.3 cm³/mol. The lowest BCUT2D eigenvalue weighted by atomic mass is 9.97. The van der Waals surface area contributed by atoms with Crippen molar-refractivity contribution in [2.75, 3.05) is 0 Å². The summed E-state index contributed by atoms with van der Waals surface area (Å²) in [6.45, 7) is 2.02. The number of rotatable bonds is 2. The van der Waals surface area contributed by atoms with Crippen LogP contribution in [0.3, 0.4) is 0 Å². The van der Waals surface area contributed by atoms with Crippen molar-refractivity contribution in [2.45, 2.75) is 6.92 Å². The third-order valence-corrected chi connectivity index (χ3v) is 2.61. The third-order valence-electron chi connectivity index (χ3n) is 2.61. The molecule has 0 aliphatic heterocycles. The van der Waals surface area contributed by atoms with Crippen LogP contribution in [0.15, 0.2) is 66.3 Å². The van der Waals surface area contributed by atoms with Crippen LogP contribution >= 0.6 is 0 Å². The number of ketones is 1. The van der Waals surface area contributed by atoms with Gasteiger partial charge in [-0.3, -0.25) is 4.79 Å². The Hall–Kier alpha value is -1.89. The van der Waals surface area contributed by atoms with Crippen molar-refractivity contribution in [3.8, 4) is 0 Å². The second kappa shape index (κ2) is 4.75. The zero-order valence-electron chi connectivity index (χ0n) is 9.26. The van der Waals surface area contributed by atoms with E-state index in [1.165, 1.54) is 5.57 Å². The fourth-order valence-electron chi connectivity index (χ4n) is 1.67. The van der Waals surface area contributed by atoms with Crippen molar-refractivity contribution < 1.29 is 4.79 Å². The molecular weight excluding hydrogens is 196 g/mol. The lowest BCUT2D eigenvalue weighted by molar-refractivity contribution is 0.0965. The third kappa shape index (κ3) is 2.37. The van der Waals surface area contributed by atoms with Crippen molar-refractivity contribution in [1.29, 1.82) is 0 Å². The van der Waals surface area contributed by atoms with Gasteiger partial charge in [0.05, 0.1) is 5.92 Å². The van der Waals surface area contributed by atoms with Gasteiger partial charge in [0.2, 0.25) is 0 Å². The number of allylic oxidation sites excluding steroid dienone is 6. The molecule has 0 bridgehead atoms. The summed E-state index contributed by atoms with van der Waals surface area (Å²) in [5, 5.41) is 0. The first-order valence-electron chi connectivity index (χ1n) is 5.40. The van der Waals surface area contributed by atoms with E-state index < -0.39 is 0 Å². The SMILES string of the molecule is CC1=CC=CC(C(=O)c2ccccc2)C=C1. The van der Waals surface area contributed by atoms with Gasteiger partial charge in [0.15, 0.2) is 5.78 Å². The van der Waals surface area contributed by atoms with E-state index in [-0.39, 0.29) is 11.7 Å². The van der Waals surface area contributed by atoms with Gasteiger partial charge in [0.1, 0.15) is 0 Å². The molecular formula is C15H14O. The van der Waals surface area contributed by atoms with Crippen molar-refractivity contribution in [3.63, 3.8) is 0 Å². The van der Waals surface area contributed by atoms with Crippen LogP contribution in [0, 0.1) is 5.92 Å². The Balaban J connectivity index is 2.22. The lowest BCUT2D eigenvalue weighted by Crippen LogP contribution is -2.09. The molecule has 1 unspecified atom stereocenters. The minimum absolute atomic E-state index is 0.143. The maximum atomic E-state index is 12.1. The second-order valence-corrected chi connectivity index (χ2v) is 3.91. The summed E-state index contributed by atoms with van der Waals surface area (Å²) in [5.74, 6) is 0.00676. The fourth-order valence-corrected chi connectivity index (χ4v) is 1.67. The second-order valence-electron chi connectivity index (χ2n) is 3.91. The summed E-state index contributed by atoms with van der Waals surface area (Å²) in [6, 6.07) is 9.41. The average Bonchev–Trinajstić information content (AvgIpc) is 2.54. The molecule has 0 radical (unpaired) electrons. The van der Waals surface area contributed by atoms with Gasteiger partial charge in [-0.05, 0) is 6.92 Å². The first-order chi connectivity index (χ1) is 7.77. The highest BCUT2D eigenvalue weighted by molar-refractivity contribution is 6.00. The van der Waals surface area contributed by atoms with E-state index in [0.29, 0.717) is 0 Å². The normalized spacial score (nSPS) is 19.1. The van der Waals surface area contributed by atoms with Gasteiger partial charge in [0.25, 0.3) is 0 Å². The maximum Gasteiger partial charge on any atom is 0.173 e. The van der Waals surface area contributed by atoms with E-state index in [0.717, 1.165) is 5.56 Å². The zero-order chi connectivity index (χ0) is 11.4. The highest BCUT2D eigenvalue weighted by atomic mass is 16.1. The number of Topliss-reactive ketones (excluding diaryl/α,β-unsaturated/α-hetero) is 1. The van der Waals surface area contributed by atoms with Crippen LogP contribution in [0.1, 0.15) is 17.3 Å². The molecule has 1 heteroatoms. The van der Waals surface area contributed by atoms with Gasteiger partial charge in [-0.2, -0.15) is 0 Å². The van der Waals surface area contributed by atoms with Gasteiger partial charge in [-0.15, -0.1) is 0 Å². The van der Waals surface area contributed by atoms with Gasteiger partial charge in [-0.25, -0.2) is 0 Å². The van der Waals surface area contributed by atoms with E-state index in [1.54, 1.807) is 0 Å². The van der Waals surface area contributed by atoms with Crippen LogP contribution < -0.4 is 0 Å². The number of benzene rings is 1. The Bertz CT molecular complexity index is 463. The molecule has 0 saturated heterocycles. The summed E-state index contributed by atoms with van der Waals surface area (Å²) in [7, 11) is 0. The van der Waals surface area contributed by atoms with Gasteiger partial charge in [-0.1, -0.05) is 66.3 Å². The highest BCUT2D eigenvalue weighted by Crippen LogP contribution is 2.15. The molecule has 1 aliphatic carbocycles. The van der Waals surface area contributed by atoms with E-state index in [2.05, 4.69) is 0 Å². The fraction of sp³-hybridized carbons (Fsp3) is 0.133. The highest BCUT2D eigenvalue weighted by Gasteiger charge is 2.14. The van der Waals surface area contributed by atoms with E-state index in [9.17, 15) is 4.79 Å². The quantitative estimate of drug-likeness (QED) is 0.682. The monoisotopic (exact) mass is 210 g/mol. The van der Waals surface area contributed by atoms with Crippen molar-refractivity contribution in [1.82, 2.24) is 0 Å². The topological polar surface area (TPSA) is 17.1 Å². The first kappa shape index (κ1) is 10.6. The molecule has 0 saturated carbocycles. The Morgan fingerprint density at radius 3 is 2.62 bits per heavy atom. The molecule has 1 nitrogen and oxygen atoms in total. The maximum absolute atomic E-state index is 12.1. The summed E-state index contributed by atoms with van der Waals surface area (Å²) in [4.78, 5) is 12.1. The molecule has 1 aromatic rings. The number of hydrogen-bond acceptors (Lipinski definition) is 1. The molecule has 0 heterocycles. The van der Waals surface area contributed by atoms with Crippen molar-refractivity contribution in [3.05, 3.63) is 71.8 Å². The molecule has 0 amide bonds. The Kier molecular flexibility index (Phi) is 3.16. The van der Waals surface area contributed by atoms with Gasteiger partial charge in [0, 0.05) is 5.56 Å². The summed E-state index contributed by atoms with van der Waals surface area (Å²) in [5.41, 5.74) is 1.93. The summed E-state index contributed by atoms with van der Waals surface area (Å²) >= 11 is 0. The minimum Gasteiger partial charge on any atom is -0.293 e. The number of hydrogen-bond donors (Lipinski definition) is 0. The molecule has 1 aromatic carbocycles. The van der Waals surface area contributed by atoms with Crippen LogP contribution in [0.2, 0.25) is 0 Å². The summed E-state index contributed by atoms with van der Waals surface area (Å²) in [6.07, 6.45) is 9.83. The van der Waals surface area contributed by atoms with Crippen LogP contribution in [0.25, 0.3) is 0 Å². The molecule has 0 N–H and O–H groups in total. The first-order valence-corrected chi connectivity index (χ1v) is 5.40. The van der Waals surface area contributed by atoms with E-state index in [4.69, 9.17) is 0 Å². The lowest BCUT2D eigenvalue weighted by Gasteiger charge is -2.05. The Morgan fingerprint density at radius 2 is 1.88 bits per heavy atom.